The van der Waals surface area contributed by atoms with Gasteiger partial charge in [0.2, 0.25) is 0 Å². The lowest BCUT2D eigenvalue weighted by molar-refractivity contribution is -0.127. The number of carbonyl (C=O) groups excluding carboxylic acids is 4. The fourth-order valence-electron chi connectivity index (χ4n) is 2.15. The second-order valence-electron chi connectivity index (χ2n) is 6.14. The van der Waals surface area contributed by atoms with Crippen molar-refractivity contribution in [3.63, 3.8) is 0 Å². The smallest absolute Gasteiger partial charge is 0.341 e. The number of hydrogen-bond donors (Lipinski definition) is 3. The zero-order chi connectivity index (χ0) is 20.7. The number of hydrogen-bond acceptors (Lipinski definition) is 6. The minimum Gasteiger partial charge on any atom is -0.459 e. The zero-order valence-electron chi connectivity index (χ0n) is 15.6. The highest BCUT2D eigenvalue weighted by Gasteiger charge is 2.23. The van der Waals surface area contributed by atoms with Crippen molar-refractivity contribution >= 4 is 29.5 Å². The summed E-state index contributed by atoms with van der Waals surface area (Å²) in [4.78, 5) is 48.1. The lowest BCUT2D eigenvalue weighted by Crippen LogP contribution is -2.46. The molecule has 2 rings (SSSR count). The number of esters is 1. The molecule has 0 spiro atoms. The van der Waals surface area contributed by atoms with Gasteiger partial charge >= 0.3 is 12.0 Å². The molecule has 1 aromatic heterocycles. The molecule has 0 fully saturated rings. The Morgan fingerprint density at radius 2 is 1.71 bits per heavy atom. The molecule has 0 unspecified atom stereocenters. The van der Waals surface area contributed by atoms with E-state index in [1.165, 1.54) is 31.4 Å². The second kappa shape index (κ2) is 9.36. The van der Waals surface area contributed by atoms with Gasteiger partial charge in [0, 0.05) is 6.04 Å². The Labute approximate surface area is 161 Å². The van der Waals surface area contributed by atoms with Gasteiger partial charge < -0.3 is 19.8 Å². The number of rotatable bonds is 6. The molecule has 0 saturated carbocycles. The normalized spacial score (nSPS) is 11.4. The lowest BCUT2D eigenvalue weighted by Gasteiger charge is -2.15. The highest BCUT2D eigenvalue weighted by molar-refractivity contribution is 6.07. The summed E-state index contributed by atoms with van der Waals surface area (Å²) in [5.74, 6) is -2.07. The Hall–Kier alpha value is -3.62. The van der Waals surface area contributed by atoms with E-state index in [0.717, 1.165) is 0 Å². The van der Waals surface area contributed by atoms with Crippen LogP contribution in [0.4, 0.5) is 10.5 Å². The number of urea groups is 1. The molecular weight excluding hydrogens is 366 g/mol. The van der Waals surface area contributed by atoms with Crippen molar-refractivity contribution in [3.05, 3.63) is 54.0 Å². The molecule has 0 aliphatic carbocycles. The van der Waals surface area contributed by atoms with E-state index in [-0.39, 0.29) is 23.1 Å². The van der Waals surface area contributed by atoms with Gasteiger partial charge in [0.05, 0.1) is 17.5 Å². The van der Waals surface area contributed by atoms with Crippen LogP contribution in [-0.2, 0) is 9.53 Å². The van der Waals surface area contributed by atoms with Gasteiger partial charge in [0.25, 0.3) is 11.8 Å². The first-order valence-corrected chi connectivity index (χ1v) is 8.54. The van der Waals surface area contributed by atoms with Crippen molar-refractivity contribution in [2.24, 2.45) is 0 Å². The van der Waals surface area contributed by atoms with Crippen molar-refractivity contribution in [2.45, 2.75) is 32.9 Å². The molecule has 1 aromatic carbocycles. The predicted molar refractivity (Wildman–Crippen MR) is 99.8 cm³/mol. The Morgan fingerprint density at radius 3 is 2.36 bits per heavy atom. The third-order valence-corrected chi connectivity index (χ3v) is 3.45. The second-order valence-corrected chi connectivity index (χ2v) is 6.14. The van der Waals surface area contributed by atoms with Crippen LogP contribution in [0.5, 0.6) is 0 Å². The van der Waals surface area contributed by atoms with Crippen LogP contribution in [0, 0.1) is 0 Å². The molecule has 3 N–H and O–H groups in total. The summed E-state index contributed by atoms with van der Waals surface area (Å²) in [6.45, 7) is 4.81. The van der Waals surface area contributed by atoms with E-state index in [1.54, 1.807) is 32.0 Å². The molecule has 0 saturated heterocycles. The van der Waals surface area contributed by atoms with E-state index in [0.29, 0.717) is 0 Å². The molecule has 0 bridgehead atoms. The van der Waals surface area contributed by atoms with E-state index in [4.69, 9.17) is 9.15 Å². The number of para-hydroxylation sites is 1. The average molecular weight is 387 g/mol. The zero-order valence-corrected chi connectivity index (χ0v) is 15.6. The van der Waals surface area contributed by atoms with Crippen molar-refractivity contribution in [1.82, 2.24) is 10.6 Å². The molecule has 148 valence electrons. The summed E-state index contributed by atoms with van der Waals surface area (Å²) in [7, 11) is 0. The van der Waals surface area contributed by atoms with E-state index >= 15 is 0 Å². The van der Waals surface area contributed by atoms with E-state index in [2.05, 4.69) is 16.0 Å². The highest BCUT2D eigenvalue weighted by atomic mass is 16.5. The Balaban J connectivity index is 2.03. The number of nitrogens with one attached hydrogen (secondary N) is 3. The van der Waals surface area contributed by atoms with Crippen LogP contribution >= 0.6 is 0 Å². The molecule has 1 heterocycles. The molecule has 2 aromatic rings. The lowest BCUT2D eigenvalue weighted by atomic mass is 10.1. The molecule has 28 heavy (non-hydrogen) atoms. The first kappa shape index (κ1) is 20.7. The molecule has 9 nitrogen and oxygen atoms in total. The van der Waals surface area contributed by atoms with Crippen molar-refractivity contribution in [2.75, 3.05) is 5.32 Å². The third kappa shape index (κ3) is 5.70. The molecule has 0 aliphatic heterocycles. The van der Waals surface area contributed by atoms with Crippen LogP contribution in [0.1, 0.15) is 41.7 Å². The molecule has 1 atom stereocenters. The van der Waals surface area contributed by atoms with Crippen LogP contribution in [0.2, 0.25) is 0 Å². The number of carbonyl (C=O) groups is 4. The summed E-state index contributed by atoms with van der Waals surface area (Å²) >= 11 is 0. The Bertz CT molecular complexity index is 860. The number of ether oxygens (including phenoxy) is 1. The summed E-state index contributed by atoms with van der Waals surface area (Å²) < 4.78 is 10.1. The SMILES string of the molecule is CC(C)NC(=O)NC(=O)[C@H](C)OC(=O)c1ccccc1NC(=O)c1ccco1. The van der Waals surface area contributed by atoms with Crippen molar-refractivity contribution in [3.8, 4) is 0 Å². The van der Waals surface area contributed by atoms with Gasteiger partial charge in [-0.05, 0) is 45.0 Å². The first-order chi connectivity index (χ1) is 13.3. The summed E-state index contributed by atoms with van der Waals surface area (Å²) in [6.07, 6.45) is 0.129. The predicted octanol–water partition coefficient (Wildman–Crippen LogP) is 2.31. The number of imide groups is 1. The van der Waals surface area contributed by atoms with Crippen LogP contribution in [0.25, 0.3) is 0 Å². The van der Waals surface area contributed by atoms with Gasteiger partial charge in [0.1, 0.15) is 0 Å². The summed E-state index contributed by atoms with van der Waals surface area (Å²) in [5, 5.41) is 7.13. The van der Waals surface area contributed by atoms with Crippen LogP contribution in [-0.4, -0.2) is 36.0 Å². The number of benzene rings is 1. The molecule has 9 heteroatoms. The van der Waals surface area contributed by atoms with Crippen molar-refractivity contribution in [1.29, 1.82) is 0 Å². The van der Waals surface area contributed by atoms with Gasteiger partial charge in [-0.2, -0.15) is 0 Å². The molecule has 0 aliphatic rings. The summed E-state index contributed by atoms with van der Waals surface area (Å²) in [6, 6.07) is 8.36. The van der Waals surface area contributed by atoms with Gasteiger partial charge in [-0.1, -0.05) is 12.1 Å². The van der Waals surface area contributed by atoms with Gasteiger partial charge in [-0.15, -0.1) is 0 Å². The fraction of sp³-hybridized carbons (Fsp3) is 0.263. The minimum atomic E-state index is -1.22. The van der Waals surface area contributed by atoms with Crippen LogP contribution < -0.4 is 16.0 Å². The Morgan fingerprint density at radius 1 is 1.00 bits per heavy atom. The van der Waals surface area contributed by atoms with E-state index < -0.39 is 29.9 Å². The molecule has 4 amide bonds. The van der Waals surface area contributed by atoms with Crippen molar-refractivity contribution < 1.29 is 28.3 Å². The number of anilines is 1. The van der Waals surface area contributed by atoms with E-state index in [1.807, 2.05) is 0 Å². The fourth-order valence-corrected chi connectivity index (χ4v) is 2.15. The van der Waals surface area contributed by atoms with Crippen LogP contribution in [0.3, 0.4) is 0 Å². The minimum absolute atomic E-state index is 0.0497. The topological polar surface area (TPSA) is 127 Å². The molecular formula is C19H21N3O6. The number of furan rings is 1. The molecule has 0 radical (unpaired) electrons. The summed E-state index contributed by atoms with van der Waals surface area (Å²) in [5.41, 5.74) is 0.243. The maximum Gasteiger partial charge on any atom is 0.341 e. The largest absolute Gasteiger partial charge is 0.459 e. The first-order valence-electron chi connectivity index (χ1n) is 8.54. The highest BCUT2D eigenvalue weighted by Crippen LogP contribution is 2.18. The number of amides is 4. The van der Waals surface area contributed by atoms with Gasteiger partial charge in [0.15, 0.2) is 11.9 Å². The quantitative estimate of drug-likeness (QED) is 0.653. The maximum absolute atomic E-state index is 12.4. The van der Waals surface area contributed by atoms with Gasteiger partial charge in [-0.25, -0.2) is 9.59 Å². The Kier molecular flexibility index (Phi) is 6.91. The van der Waals surface area contributed by atoms with Gasteiger partial charge in [-0.3, -0.25) is 14.9 Å². The average Bonchev–Trinajstić information content (AvgIpc) is 3.16. The standard InChI is InChI=1S/C19H21N3O6/c1-11(2)20-19(26)22-16(23)12(3)28-18(25)13-7-4-5-8-14(13)21-17(24)15-9-6-10-27-15/h4-12H,1-3H3,(H,21,24)(H2,20,22,23,26)/t12-/m0/s1. The third-order valence-electron chi connectivity index (χ3n) is 3.45. The monoisotopic (exact) mass is 387 g/mol. The van der Waals surface area contributed by atoms with E-state index in [9.17, 15) is 19.2 Å². The maximum atomic E-state index is 12.4. The van der Waals surface area contributed by atoms with Crippen LogP contribution in [0.15, 0.2) is 47.1 Å².